The van der Waals surface area contributed by atoms with E-state index in [1.807, 2.05) is 0 Å². The molecule has 0 fully saturated rings. The molecule has 0 nitrogen and oxygen atoms in total. The summed E-state index contributed by atoms with van der Waals surface area (Å²) in [6.45, 7) is 2.24. The molecule has 0 amide bonds. The molecule has 2 aromatic rings. The molecule has 0 aromatic heterocycles. The van der Waals surface area contributed by atoms with Crippen LogP contribution in [0.1, 0.15) is 12.5 Å². The summed E-state index contributed by atoms with van der Waals surface area (Å²) < 4.78 is 1.66. The molecule has 1 radical (unpaired) electrons. The number of fused-ring (bicyclic) bond motifs is 1. The monoisotopic (exact) mass is 305 g/mol. The summed E-state index contributed by atoms with van der Waals surface area (Å²) >= 11 is -1.26. The van der Waals surface area contributed by atoms with Gasteiger partial charge in [0.15, 0.2) is 0 Å². The third-order valence-electron chi connectivity index (χ3n) is 2.93. The van der Waals surface area contributed by atoms with Crippen molar-refractivity contribution in [2.45, 2.75) is 23.2 Å². The summed E-state index contributed by atoms with van der Waals surface area (Å²) in [6, 6.07) is 13.6. The average molecular weight is 304 g/mol. The third kappa shape index (κ3) is 2.05. The van der Waals surface area contributed by atoms with Gasteiger partial charge in [-0.3, -0.25) is 0 Å². The van der Waals surface area contributed by atoms with E-state index in [9.17, 15) is 0 Å². The number of rotatable bonds is 2. The van der Waals surface area contributed by atoms with Crippen molar-refractivity contribution in [1.29, 1.82) is 0 Å². The van der Waals surface area contributed by atoms with E-state index in [1.54, 1.807) is 3.58 Å². The molecule has 0 atom stereocenters. The van der Waals surface area contributed by atoms with Crippen molar-refractivity contribution in [2.24, 2.45) is 0 Å². The molecule has 2 aromatic carbocycles. The molecule has 0 N–H and O–H groups in total. The molecule has 15 heavy (non-hydrogen) atoms. The van der Waals surface area contributed by atoms with Crippen LogP contribution in [-0.4, -0.2) is 19.8 Å². The molecular formula is C14H17Sn. The second-order valence-electron chi connectivity index (χ2n) is 4.17. The average Bonchev–Trinajstić information content (AvgIpc) is 2.27. The van der Waals surface area contributed by atoms with Crippen molar-refractivity contribution in [1.82, 2.24) is 0 Å². The van der Waals surface area contributed by atoms with Crippen molar-refractivity contribution in [3.63, 3.8) is 0 Å². The fourth-order valence-electron chi connectivity index (χ4n) is 2.12. The number of hydrogen-bond donors (Lipinski definition) is 0. The van der Waals surface area contributed by atoms with Gasteiger partial charge >= 0.3 is 99.3 Å². The maximum atomic E-state index is 2.45. The Labute approximate surface area is 99.1 Å². The van der Waals surface area contributed by atoms with E-state index in [-0.39, 0.29) is 0 Å². The standard InChI is InChI=1S/C12H11.2CH3.Sn/c1-2-10-7-5-8-11-6-3-4-9-12(10)11;;;/h3-5,7-9H,2H2,1H3;2*1H3;. The van der Waals surface area contributed by atoms with E-state index in [1.165, 1.54) is 16.3 Å². The van der Waals surface area contributed by atoms with Crippen molar-refractivity contribution < 1.29 is 0 Å². The Morgan fingerprint density at radius 2 is 1.60 bits per heavy atom. The summed E-state index contributed by atoms with van der Waals surface area (Å²) in [5.41, 5.74) is 1.49. The van der Waals surface area contributed by atoms with E-state index in [0.29, 0.717) is 0 Å². The van der Waals surface area contributed by atoms with Gasteiger partial charge in [0, 0.05) is 0 Å². The van der Waals surface area contributed by atoms with E-state index >= 15 is 0 Å². The molecule has 0 aliphatic carbocycles. The molecule has 0 saturated heterocycles. The summed E-state index contributed by atoms with van der Waals surface area (Å²) in [4.78, 5) is 4.91. The van der Waals surface area contributed by atoms with E-state index in [0.717, 1.165) is 6.42 Å². The van der Waals surface area contributed by atoms with Crippen molar-refractivity contribution in [3.05, 3.63) is 42.0 Å². The topological polar surface area (TPSA) is 0 Å². The summed E-state index contributed by atoms with van der Waals surface area (Å²) in [5.74, 6) is 0. The quantitative estimate of drug-likeness (QED) is 0.746. The zero-order chi connectivity index (χ0) is 10.8. The van der Waals surface area contributed by atoms with Crippen LogP contribution in [0.4, 0.5) is 0 Å². The van der Waals surface area contributed by atoms with Crippen molar-refractivity contribution >= 4 is 34.1 Å². The van der Waals surface area contributed by atoms with Crippen LogP contribution in [0.15, 0.2) is 36.4 Å². The van der Waals surface area contributed by atoms with Crippen LogP contribution in [-0.2, 0) is 6.42 Å². The first-order chi connectivity index (χ1) is 7.24. The first kappa shape index (κ1) is 11.0. The second kappa shape index (κ2) is 4.56. The summed E-state index contributed by atoms with van der Waals surface area (Å²) in [6.07, 6.45) is 1.13. The van der Waals surface area contributed by atoms with E-state index in [4.69, 9.17) is 0 Å². The Balaban J connectivity index is 2.76. The van der Waals surface area contributed by atoms with Gasteiger partial charge in [-0.25, -0.2) is 0 Å². The molecule has 1 heteroatoms. The summed E-state index contributed by atoms with van der Waals surface area (Å²) in [7, 11) is 0. The van der Waals surface area contributed by atoms with Crippen LogP contribution in [0.3, 0.4) is 0 Å². The molecule has 2 rings (SSSR count). The molecule has 0 aliphatic rings. The molecule has 0 unspecified atom stereocenters. The molecule has 0 aliphatic heterocycles. The minimum atomic E-state index is -1.26. The molecule has 0 spiro atoms. The molecule has 0 bridgehead atoms. The van der Waals surface area contributed by atoms with Gasteiger partial charge in [-0.1, -0.05) is 0 Å². The van der Waals surface area contributed by atoms with Crippen molar-refractivity contribution in [3.8, 4) is 0 Å². The Bertz CT molecular complexity index is 472. The van der Waals surface area contributed by atoms with Crippen LogP contribution in [0.2, 0.25) is 9.88 Å². The van der Waals surface area contributed by atoms with Gasteiger partial charge in [0.05, 0.1) is 0 Å². The van der Waals surface area contributed by atoms with Crippen LogP contribution in [0, 0.1) is 0 Å². The fourth-order valence-corrected chi connectivity index (χ4v) is 5.50. The molecule has 77 valence electrons. The van der Waals surface area contributed by atoms with Gasteiger partial charge < -0.3 is 0 Å². The maximum absolute atomic E-state index is 2.45. The Morgan fingerprint density at radius 3 is 2.27 bits per heavy atom. The van der Waals surface area contributed by atoms with E-state index in [2.05, 4.69) is 53.2 Å². The normalized spacial score (nSPS) is 11.2. The molecular weight excluding hydrogens is 287 g/mol. The Morgan fingerprint density at radius 1 is 0.933 bits per heavy atom. The van der Waals surface area contributed by atoms with Gasteiger partial charge in [-0.15, -0.1) is 0 Å². The fraction of sp³-hybridized carbons (Fsp3) is 0.286. The van der Waals surface area contributed by atoms with Crippen molar-refractivity contribution in [2.75, 3.05) is 0 Å². The predicted molar refractivity (Wildman–Crippen MR) is 70.4 cm³/mol. The van der Waals surface area contributed by atoms with Crippen LogP contribution >= 0.6 is 0 Å². The number of aryl methyl sites for hydroxylation is 1. The molecule has 0 saturated carbocycles. The van der Waals surface area contributed by atoms with Crippen LogP contribution < -0.4 is 3.58 Å². The van der Waals surface area contributed by atoms with E-state index < -0.39 is 19.8 Å². The first-order valence-electron chi connectivity index (χ1n) is 5.55. The zero-order valence-corrected chi connectivity index (χ0v) is 12.5. The molecule has 0 heterocycles. The number of benzene rings is 2. The SMILES string of the molecule is CCc1cccc2[c]([Sn]([CH3])[CH3])cccc12. The van der Waals surface area contributed by atoms with Gasteiger partial charge in [0.25, 0.3) is 0 Å². The Hall–Kier alpha value is -0.501. The van der Waals surface area contributed by atoms with Crippen LogP contribution in [0.5, 0.6) is 0 Å². The predicted octanol–water partition coefficient (Wildman–Crippen LogP) is 3.36. The van der Waals surface area contributed by atoms with Gasteiger partial charge in [-0.05, 0) is 0 Å². The van der Waals surface area contributed by atoms with Gasteiger partial charge in [0.2, 0.25) is 0 Å². The Kier molecular flexibility index (Phi) is 3.35. The van der Waals surface area contributed by atoms with Gasteiger partial charge in [0.1, 0.15) is 0 Å². The minimum absolute atomic E-state index is 1.13. The summed E-state index contributed by atoms with van der Waals surface area (Å²) in [5, 5.41) is 2.98. The third-order valence-corrected chi connectivity index (χ3v) is 7.25. The van der Waals surface area contributed by atoms with Gasteiger partial charge in [-0.2, -0.15) is 0 Å². The number of hydrogen-bond acceptors (Lipinski definition) is 0. The second-order valence-corrected chi connectivity index (χ2v) is 11.4. The zero-order valence-electron chi connectivity index (χ0n) is 9.67. The first-order valence-corrected chi connectivity index (χ1v) is 12.7. The van der Waals surface area contributed by atoms with Crippen LogP contribution in [0.25, 0.3) is 10.8 Å².